The van der Waals surface area contributed by atoms with Gasteiger partial charge in [-0.25, -0.2) is 4.98 Å². The van der Waals surface area contributed by atoms with Crippen LogP contribution in [-0.4, -0.2) is 45.5 Å². The first-order valence-electron chi connectivity index (χ1n) is 12.1. The molecule has 1 atom stereocenters. The van der Waals surface area contributed by atoms with Gasteiger partial charge in [0.2, 0.25) is 0 Å². The quantitative estimate of drug-likeness (QED) is 0.331. The van der Waals surface area contributed by atoms with Crippen molar-refractivity contribution >= 4 is 39.9 Å². The third-order valence-electron chi connectivity index (χ3n) is 7.18. The zero-order valence-electron chi connectivity index (χ0n) is 19.6. The van der Waals surface area contributed by atoms with Crippen molar-refractivity contribution in [3.05, 3.63) is 64.5 Å². The molecule has 2 aliphatic heterocycles. The van der Waals surface area contributed by atoms with Gasteiger partial charge >= 0.3 is 0 Å². The molecule has 0 aliphatic carbocycles. The summed E-state index contributed by atoms with van der Waals surface area (Å²) < 4.78 is 12.0. The number of ether oxygens (including phenoxy) is 2. The van der Waals surface area contributed by atoms with E-state index in [0.717, 1.165) is 60.5 Å². The summed E-state index contributed by atoms with van der Waals surface area (Å²) in [5.41, 5.74) is 9.44. The molecule has 5 heterocycles. The molecule has 3 N–H and O–H groups in total. The molecule has 0 saturated carbocycles. The number of aromatic amines is 1. The third kappa shape index (κ3) is 4.39. The minimum atomic E-state index is -0.847. The zero-order valence-corrected chi connectivity index (χ0v) is 21.1. The fourth-order valence-electron chi connectivity index (χ4n) is 5.19. The predicted octanol–water partition coefficient (Wildman–Crippen LogP) is 5.51. The predicted molar refractivity (Wildman–Crippen MR) is 141 cm³/mol. The van der Waals surface area contributed by atoms with Crippen LogP contribution in [0.2, 0.25) is 10.0 Å². The number of halogens is 2. The van der Waals surface area contributed by atoms with E-state index < -0.39 is 6.23 Å². The van der Waals surface area contributed by atoms with Gasteiger partial charge in [0.15, 0.2) is 6.23 Å². The van der Waals surface area contributed by atoms with Crippen molar-refractivity contribution in [3.63, 3.8) is 0 Å². The lowest BCUT2D eigenvalue weighted by atomic mass is 9.89. The highest BCUT2D eigenvalue weighted by molar-refractivity contribution is 6.35. The molecule has 36 heavy (non-hydrogen) atoms. The SMILES string of the molecule is N[C@@H](Oc1ccc2[nH]nc(-c3ccc(N4CCC5(CCCO5)CC4)nc3)c2c1)c1c(Cl)cncc1Cl. The maximum Gasteiger partial charge on any atom is 0.177 e. The van der Waals surface area contributed by atoms with Crippen molar-refractivity contribution in [3.8, 4) is 17.0 Å². The van der Waals surface area contributed by atoms with Crippen LogP contribution in [0.1, 0.15) is 37.5 Å². The van der Waals surface area contributed by atoms with Gasteiger partial charge in [0.25, 0.3) is 0 Å². The summed E-state index contributed by atoms with van der Waals surface area (Å²) in [7, 11) is 0. The third-order valence-corrected chi connectivity index (χ3v) is 7.78. The molecule has 0 radical (unpaired) electrons. The molecule has 2 aliphatic rings. The Morgan fingerprint density at radius 1 is 1.06 bits per heavy atom. The smallest absolute Gasteiger partial charge is 0.177 e. The molecule has 4 aromatic rings. The lowest BCUT2D eigenvalue weighted by Crippen LogP contribution is -2.44. The summed E-state index contributed by atoms with van der Waals surface area (Å²) in [4.78, 5) is 11.1. The van der Waals surface area contributed by atoms with E-state index in [1.807, 2.05) is 24.4 Å². The van der Waals surface area contributed by atoms with Gasteiger partial charge in [0, 0.05) is 54.8 Å². The fourth-order valence-corrected chi connectivity index (χ4v) is 5.77. The molecule has 186 valence electrons. The fraction of sp³-hybridized carbons (Fsp3) is 0.346. The molecule has 2 saturated heterocycles. The molecule has 1 spiro atoms. The van der Waals surface area contributed by atoms with E-state index in [4.69, 9.17) is 43.4 Å². The van der Waals surface area contributed by atoms with Crippen molar-refractivity contribution in [2.75, 3.05) is 24.6 Å². The topological polar surface area (TPSA) is 102 Å². The number of H-pyrrole nitrogens is 1. The number of piperidine rings is 1. The molecule has 10 heteroatoms. The average Bonchev–Trinajstić information content (AvgIpc) is 3.52. The highest BCUT2D eigenvalue weighted by Crippen LogP contribution is 2.37. The van der Waals surface area contributed by atoms with E-state index in [-0.39, 0.29) is 5.60 Å². The Balaban J connectivity index is 1.21. The van der Waals surface area contributed by atoms with Crippen LogP contribution in [0.15, 0.2) is 48.9 Å². The van der Waals surface area contributed by atoms with Crippen molar-refractivity contribution in [2.45, 2.75) is 37.5 Å². The molecule has 3 aromatic heterocycles. The Hall–Kier alpha value is -2.91. The molecular formula is C26H26Cl2N6O2. The first-order chi connectivity index (χ1) is 17.5. The highest BCUT2D eigenvalue weighted by atomic mass is 35.5. The second-order valence-corrected chi connectivity index (χ2v) is 10.2. The van der Waals surface area contributed by atoms with E-state index in [2.05, 4.69) is 32.2 Å². The number of pyridine rings is 2. The number of fused-ring (bicyclic) bond motifs is 1. The number of nitrogens with one attached hydrogen (secondary N) is 1. The van der Waals surface area contributed by atoms with Gasteiger partial charge in [0.1, 0.15) is 17.3 Å². The number of hydrogen-bond acceptors (Lipinski definition) is 7. The van der Waals surface area contributed by atoms with E-state index in [1.165, 1.54) is 25.2 Å². The summed E-state index contributed by atoms with van der Waals surface area (Å²) in [6.45, 7) is 2.82. The van der Waals surface area contributed by atoms with Crippen LogP contribution in [0.25, 0.3) is 22.2 Å². The maximum absolute atomic E-state index is 6.26. The van der Waals surface area contributed by atoms with Crippen LogP contribution in [0.3, 0.4) is 0 Å². The summed E-state index contributed by atoms with van der Waals surface area (Å²) in [6.07, 6.45) is 8.47. The molecule has 6 rings (SSSR count). The van der Waals surface area contributed by atoms with E-state index in [9.17, 15) is 0 Å². The van der Waals surface area contributed by atoms with E-state index in [0.29, 0.717) is 21.4 Å². The number of hydrogen-bond donors (Lipinski definition) is 2. The molecule has 0 amide bonds. The van der Waals surface area contributed by atoms with Gasteiger partial charge in [-0.05, 0) is 56.0 Å². The summed E-state index contributed by atoms with van der Waals surface area (Å²) in [5.74, 6) is 1.55. The van der Waals surface area contributed by atoms with Crippen LogP contribution in [0, 0.1) is 0 Å². The highest BCUT2D eigenvalue weighted by Gasteiger charge is 2.38. The zero-order chi connectivity index (χ0) is 24.7. The minimum absolute atomic E-state index is 0.0980. The Morgan fingerprint density at radius 3 is 2.56 bits per heavy atom. The molecular weight excluding hydrogens is 499 g/mol. The summed E-state index contributed by atoms with van der Waals surface area (Å²) >= 11 is 12.5. The number of benzene rings is 1. The van der Waals surface area contributed by atoms with Gasteiger partial charge in [-0.2, -0.15) is 5.10 Å². The lowest BCUT2D eigenvalue weighted by Gasteiger charge is -2.39. The Labute approximate surface area is 218 Å². The van der Waals surface area contributed by atoms with E-state index >= 15 is 0 Å². The normalized spacial score (nSPS) is 18.1. The largest absolute Gasteiger partial charge is 0.471 e. The van der Waals surface area contributed by atoms with Gasteiger partial charge in [-0.1, -0.05) is 23.2 Å². The van der Waals surface area contributed by atoms with Crippen LogP contribution >= 0.6 is 23.2 Å². The van der Waals surface area contributed by atoms with Crippen LogP contribution in [-0.2, 0) is 4.74 Å². The average molecular weight is 525 g/mol. The number of nitrogens with zero attached hydrogens (tertiary/aromatic N) is 4. The summed E-state index contributed by atoms with van der Waals surface area (Å²) in [6, 6.07) is 9.75. The first-order valence-corrected chi connectivity index (χ1v) is 12.8. The van der Waals surface area contributed by atoms with Crippen molar-refractivity contribution in [2.24, 2.45) is 5.73 Å². The number of anilines is 1. The van der Waals surface area contributed by atoms with Crippen molar-refractivity contribution in [1.29, 1.82) is 0 Å². The summed E-state index contributed by atoms with van der Waals surface area (Å²) in [5, 5.41) is 9.22. The second-order valence-electron chi connectivity index (χ2n) is 9.36. The Bertz CT molecular complexity index is 1360. The number of rotatable bonds is 5. The molecule has 0 bridgehead atoms. The number of nitrogens with two attached hydrogens (primary N) is 1. The monoisotopic (exact) mass is 524 g/mol. The van der Waals surface area contributed by atoms with Gasteiger partial charge in [0.05, 0.1) is 21.2 Å². The second kappa shape index (κ2) is 9.52. The van der Waals surface area contributed by atoms with Crippen LogP contribution < -0.4 is 15.4 Å². The molecule has 8 nitrogen and oxygen atoms in total. The van der Waals surface area contributed by atoms with Crippen LogP contribution in [0.5, 0.6) is 5.75 Å². The van der Waals surface area contributed by atoms with Gasteiger partial charge in [-0.15, -0.1) is 0 Å². The molecule has 1 aromatic carbocycles. The van der Waals surface area contributed by atoms with Gasteiger partial charge < -0.3 is 14.4 Å². The molecule has 0 unspecified atom stereocenters. The van der Waals surface area contributed by atoms with E-state index in [1.54, 1.807) is 0 Å². The molecule has 2 fully saturated rings. The lowest BCUT2D eigenvalue weighted by molar-refractivity contribution is -0.0147. The van der Waals surface area contributed by atoms with Crippen molar-refractivity contribution < 1.29 is 9.47 Å². The first kappa shape index (κ1) is 23.5. The minimum Gasteiger partial charge on any atom is -0.471 e. The standard InChI is InChI=1S/C26H26Cl2N6O2/c27-19-14-30-15-20(28)23(19)25(29)36-17-3-4-21-18(12-17)24(33-32-21)16-2-5-22(31-13-16)34-9-7-26(8-10-34)6-1-11-35-26/h2-5,12-15,25H,1,6-11,29H2,(H,32,33)/t25-/m0/s1. The Morgan fingerprint density at radius 2 is 1.86 bits per heavy atom. The van der Waals surface area contributed by atoms with Gasteiger partial charge in [-0.3, -0.25) is 15.8 Å². The van der Waals surface area contributed by atoms with Crippen molar-refractivity contribution in [1.82, 2.24) is 20.2 Å². The van der Waals surface area contributed by atoms with Crippen LogP contribution in [0.4, 0.5) is 5.82 Å². The maximum atomic E-state index is 6.26. The number of aromatic nitrogens is 4. The Kier molecular flexibility index (Phi) is 6.21.